The molecular weight excluding hydrogens is 817 g/mol. The summed E-state index contributed by atoms with van der Waals surface area (Å²) in [5.74, 6) is -0.994. The van der Waals surface area contributed by atoms with Crippen molar-refractivity contribution >= 4 is 17.9 Å². The van der Waals surface area contributed by atoms with E-state index in [0.717, 1.165) is 64.2 Å². The molecule has 66 heavy (non-hydrogen) atoms. The van der Waals surface area contributed by atoms with Gasteiger partial charge in [0, 0.05) is 19.3 Å². The van der Waals surface area contributed by atoms with E-state index in [0.29, 0.717) is 19.3 Å². The minimum absolute atomic E-state index is 0.106. The summed E-state index contributed by atoms with van der Waals surface area (Å²) >= 11 is 0. The molecular formula is C60H100O6. The topological polar surface area (TPSA) is 78.9 Å². The number of unbranched alkanes of at least 4 members (excludes halogenated alkanes) is 26. The molecule has 6 heteroatoms. The minimum atomic E-state index is -0.812. The Morgan fingerprint density at radius 3 is 1.08 bits per heavy atom. The molecule has 0 heterocycles. The molecule has 0 aliphatic rings. The van der Waals surface area contributed by atoms with E-state index in [-0.39, 0.29) is 37.5 Å². The van der Waals surface area contributed by atoms with Crippen LogP contribution in [0.2, 0.25) is 0 Å². The zero-order chi connectivity index (χ0) is 47.9. The van der Waals surface area contributed by atoms with Crippen LogP contribution in [-0.2, 0) is 28.6 Å². The first-order valence-corrected chi connectivity index (χ1v) is 27.3. The number of rotatable bonds is 48. The molecule has 0 aliphatic heterocycles. The van der Waals surface area contributed by atoms with Gasteiger partial charge in [-0.25, -0.2) is 0 Å². The van der Waals surface area contributed by atoms with Gasteiger partial charge in [0.05, 0.1) is 0 Å². The van der Waals surface area contributed by atoms with Crippen LogP contribution in [0.4, 0.5) is 0 Å². The van der Waals surface area contributed by atoms with E-state index < -0.39 is 6.10 Å². The van der Waals surface area contributed by atoms with E-state index in [2.05, 4.69) is 63.3 Å². The summed E-state index contributed by atoms with van der Waals surface area (Å²) in [4.78, 5) is 38.0. The van der Waals surface area contributed by atoms with Gasteiger partial charge in [-0.1, -0.05) is 240 Å². The summed E-state index contributed by atoms with van der Waals surface area (Å²) < 4.78 is 16.8. The summed E-state index contributed by atoms with van der Waals surface area (Å²) in [5, 5.41) is 0. The molecule has 0 aromatic heterocycles. The first kappa shape index (κ1) is 62.3. The number of allylic oxidation sites excluding steroid dienone is 16. The van der Waals surface area contributed by atoms with Crippen LogP contribution in [0, 0.1) is 0 Å². The second-order valence-electron chi connectivity index (χ2n) is 17.9. The van der Waals surface area contributed by atoms with E-state index in [9.17, 15) is 14.4 Å². The maximum Gasteiger partial charge on any atom is 0.306 e. The Hall–Kier alpha value is -3.67. The molecule has 0 aliphatic carbocycles. The van der Waals surface area contributed by atoms with Crippen molar-refractivity contribution in [1.82, 2.24) is 0 Å². The molecule has 0 spiro atoms. The van der Waals surface area contributed by atoms with Crippen LogP contribution in [0.25, 0.3) is 0 Å². The van der Waals surface area contributed by atoms with Crippen LogP contribution in [0.15, 0.2) is 97.2 Å². The fourth-order valence-corrected chi connectivity index (χ4v) is 7.34. The van der Waals surface area contributed by atoms with E-state index in [1.807, 2.05) is 54.7 Å². The molecule has 0 saturated carbocycles. The Kier molecular flexibility index (Phi) is 50.9. The molecule has 1 atom stereocenters. The Balaban J connectivity index is 4.46. The highest BCUT2D eigenvalue weighted by atomic mass is 16.6. The highest BCUT2D eigenvalue weighted by Crippen LogP contribution is 2.15. The average molecular weight is 917 g/mol. The molecule has 0 saturated heterocycles. The van der Waals surface area contributed by atoms with Gasteiger partial charge in [-0.05, 0) is 83.5 Å². The lowest BCUT2D eigenvalue weighted by Gasteiger charge is -2.18. The van der Waals surface area contributed by atoms with Gasteiger partial charge in [-0.3, -0.25) is 14.4 Å². The molecule has 0 bridgehead atoms. The lowest BCUT2D eigenvalue weighted by atomic mass is 10.1. The first-order chi connectivity index (χ1) is 32.5. The van der Waals surface area contributed by atoms with Crippen molar-refractivity contribution in [2.45, 2.75) is 252 Å². The van der Waals surface area contributed by atoms with Gasteiger partial charge in [-0.15, -0.1) is 0 Å². The number of hydrogen-bond donors (Lipinski definition) is 0. The quantitative estimate of drug-likeness (QED) is 0.0199. The summed E-state index contributed by atoms with van der Waals surface area (Å²) in [6.45, 7) is 6.39. The second kappa shape index (κ2) is 53.9. The molecule has 0 amide bonds. The smallest absolute Gasteiger partial charge is 0.306 e. The Labute approximate surface area is 407 Å². The number of hydrogen-bond acceptors (Lipinski definition) is 6. The highest BCUT2D eigenvalue weighted by molar-refractivity contribution is 5.71. The normalized spacial score (nSPS) is 12.8. The van der Waals surface area contributed by atoms with Crippen LogP contribution in [0.3, 0.4) is 0 Å². The molecule has 0 fully saturated rings. The van der Waals surface area contributed by atoms with Gasteiger partial charge >= 0.3 is 17.9 Å². The van der Waals surface area contributed by atoms with Gasteiger partial charge in [0.25, 0.3) is 0 Å². The van der Waals surface area contributed by atoms with Crippen molar-refractivity contribution in [3.63, 3.8) is 0 Å². The SMILES string of the molecule is CC/C=C/C=C/C=C/C=C/C=C/CCCC(=O)OCC(COC(=O)CCCCCCCCCCCC/C=C/C=C/CCCCC)OC(=O)CCCCCCC/C=C/CCCCCCCCC. The number of ether oxygens (including phenoxy) is 3. The molecule has 0 aromatic carbocycles. The summed E-state index contributed by atoms with van der Waals surface area (Å²) in [6.07, 6.45) is 71.2. The fraction of sp³-hybridized carbons (Fsp3) is 0.683. The van der Waals surface area contributed by atoms with Crippen LogP contribution in [0.1, 0.15) is 245 Å². The standard InChI is InChI=1S/C60H100O6/c1-4-7-10-13-16-19-22-25-27-29-30-31-33-35-38-41-44-47-50-53-59(62)65-56-57(55-64-58(61)52-49-46-43-40-37-34-24-21-18-15-12-9-6-3)66-60(63)54-51-48-45-42-39-36-32-28-26-23-20-17-14-11-8-5-2/h9,12,15-16,18-19,21-22,24-25,28,32,34,37,40,43,57H,4-8,10-11,13-14,17,20,23,26-27,29-31,33,35-36,38-39,41-42,44-56H2,1-3H3/b12-9+,18-15+,19-16+,24-21+,25-22+,32-28+,37-34+,43-40+. The molecule has 1 unspecified atom stereocenters. The third-order valence-electron chi connectivity index (χ3n) is 11.4. The zero-order valence-electron chi connectivity index (χ0n) is 42.9. The zero-order valence-corrected chi connectivity index (χ0v) is 42.9. The maximum atomic E-state index is 12.8. The van der Waals surface area contributed by atoms with Crippen LogP contribution >= 0.6 is 0 Å². The van der Waals surface area contributed by atoms with Gasteiger partial charge in [-0.2, -0.15) is 0 Å². The Morgan fingerprint density at radius 2 is 0.621 bits per heavy atom. The molecule has 0 aromatic rings. The van der Waals surface area contributed by atoms with Crippen LogP contribution in [0.5, 0.6) is 0 Å². The Bertz CT molecular complexity index is 1330. The lowest BCUT2D eigenvalue weighted by Crippen LogP contribution is -2.30. The van der Waals surface area contributed by atoms with E-state index in [1.54, 1.807) is 0 Å². The van der Waals surface area contributed by atoms with Gasteiger partial charge in [0.2, 0.25) is 0 Å². The van der Waals surface area contributed by atoms with E-state index in [1.165, 1.54) is 135 Å². The molecule has 6 nitrogen and oxygen atoms in total. The number of carbonyl (C=O) groups excluding carboxylic acids is 3. The predicted molar refractivity (Wildman–Crippen MR) is 284 cm³/mol. The molecule has 0 rings (SSSR count). The fourth-order valence-electron chi connectivity index (χ4n) is 7.34. The average Bonchev–Trinajstić information content (AvgIpc) is 3.31. The van der Waals surface area contributed by atoms with E-state index >= 15 is 0 Å². The number of carbonyl (C=O) groups is 3. The predicted octanol–water partition coefficient (Wildman–Crippen LogP) is 18.1. The van der Waals surface area contributed by atoms with Crippen molar-refractivity contribution in [3.05, 3.63) is 97.2 Å². The summed E-state index contributed by atoms with van der Waals surface area (Å²) in [6, 6.07) is 0. The molecule has 0 radical (unpaired) electrons. The summed E-state index contributed by atoms with van der Waals surface area (Å²) in [7, 11) is 0. The molecule has 376 valence electrons. The van der Waals surface area contributed by atoms with Gasteiger partial charge in [0.15, 0.2) is 6.10 Å². The van der Waals surface area contributed by atoms with Crippen molar-refractivity contribution < 1.29 is 28.6 Å². The van der Waals surface area contributed by atoms with Gasteiger partial charge < -0.3 is 14.2 Å². The third kappa shape index (κ3) is 51.3. The largest absolute Gasteiger partial charge is 0.462 e. The van der Waals surface area contributed by atoms with Crippen molar-refractivity contribution in [2.24, 2.45) is 0 Å². The lowest BCUT2D eigenvalue weighted by molar-refractivity contribution is -0.167. The number of esters is 3. The van der Waals surface area contributed by atoms with Gasteiger partial charge in [0.1, 0.15) is 13.2 Å². The van der Waals surface area contributed by atoms with Crippen molar-refractivity contribution in [2.75, 3.05) is 13.2 Å². The molecule has 0 N–H and O–H groups in total. The highest BCUT2D eigenvalue weighted by Gasteiger charge is 2.19. The Morgan fingerprint density at radius 1 is 0.318 bits per heavy atom. The second-order valence-corrected chi connectivity index (χ2v) is 17.9. The van der Waals surface area contributed by atoms with Crippen molar-refractivity contribution in [3.8, 4) is 0 Å². The third-order valence-corrected chi connectivity index (χ3v) is 11.4. The summed E-state index contributed by atoms with van der Waals surface area (Å²) in [5.41, 5.74) is 0. The van der Waals surface area contributed by atoms with E-state index in [4.69, 9.17) is 14.2 Å². The van der Waals surface area contributed by atoms with Crippen LogP contribution in [-0.4, -0.2) is 37.2 Å². The minimum Gasteiger partial charge on any atom is -0.462 e. The van der Waals surface area contributed by atoms with Crippen LogP contribution < -0.4 is 0 Å². The van der Waals surface area contributed by atoms with Crippen molar-refractivity contribution in [1.29, 1.82) is 0 Å². The first-order valence-electron chi connectivity index (χ1n) is 27.3. The monoisotopic (exact) mass is 917 g/mol. The maximum absolute atomic E-state index is 12.8.